The molecule has 38 heavy (non-hydrogen) atoms. The molecule has 192 valence electrons. The first kappa shape index (κ1) is 23.9. The van der Waals surface area contributed by atoms with Gasteiger partial charge in [-0.1, -0.05) is 55.5 Å². The van der Waals surface area contributed by atoms with Crippen molar-refractivity contribution in [2.45, 2.75) is 31.3 Å². The molecule has 0 saturated carbocycles. The first-order valence-electron chi connectivity index (χ1n) is 12.7. The summed E-state index contributed by atoms with van der Waals surface area (Å²) >= 11 is 0. The third-order valence-electron chi connectivity index (χ3n) is 8.05. The van der Waals surface area contributed by atoms with Gasteiger partial charge in [0.2, 0.25) is 11.8 Å². The zero-order chi connectivity index (χ0) is 26.6. The summed E-state index contributed by atoms with van der Waals surface area (Å²) in [6.45, 7) is 2.01. The highest BCUT2D eigenvalue weighted by Crippen LogP contribution is 2.52. The van der Waals surface area contributed by atoms with Crippen LogP contribution in [0.1, 0.15) is 29.7 Å². The van der Waals surface area contributed by atoms with Crippen LogP contribution in [0.15, 0.2) is 79.0 Å². The highest BCUT2D eigenvalue weighted by molar-refractivity contribution is 6.24. The van der Waals surface area contributed by atoms with Gasteiger partial charge in [-0.2, -0.15) is 0 Å². The number of phenols is 1. The van der Waals surface area contributed by atoms with Gasteiger partial charge in [0.15, 0.2) is 0 Å². The molecule has 2 fully saturated rings. The maximum absolute atomic E-state index is 14.1. The predicted octanol–water partition coefficient (Wildman–Crippen LogP) is 3.95. The molecule has 0 aliphatic carbocycles. The summed E-state index contributed by atoms with van der Waals surface area (Å²) in [7, 11) is 0. The van der Waals surface area contributed by atoms with Gasteiger partial charge in [0.25, 0.3) is 0 Å². The van der Waals surface area contributed by atoms with Crippen molar-refractivity contribution in [3.05, 3.63) is 95.7 Å². The number of phenolic OH excluding ortho intramolecular Hbond substituents is 1. The van der Waals surface area contributed by atoms with Gasteiger partial charge in [-0.15, -0.1) is 0 Å². The van der Waals surface area contributed by atoms with Gasteiger partial charge < -0.3 is 15.2 Å². The second kappa shape index (κ2) is 8.85. The molecule has 3 aromatic carbocycles. The maximum Gasteiger partial charge on any atom is 0.325 e. The van der Waals surface area contributed by atoms with Crippen LogP contribution in [0.3, 0.4) is 0 Å². The highest BCUT2D eigenvalue weighted by atomic mass is 16.4. The molecule has 0 bridgehead atoms. The lowest BCUT2D eigenvalue weighted by Gasteiger charge is -2.31. The second-order valence-corrected chi connectivity index (χ2v) is 10.0. The number of carbonyl (C=O) groups is 3. The van der Waals surface area contributed by atoms with Crippen molar-refractivity contribution < 1.29 is 24.6 Å². The minimum atomic E-state index is -1.78. The lowest BCUT2D eigenvalue weighted by atomic mass is 9.76. The number of anilines is 1. The maximum atomic E-state index is 14.1. The minimum Gasteiger partial charge on any atom is -0.508 e. The van der Waals surface area contributed by atoms with E-state index in [2.05, 4.69) is 10.3 Å². The van der Waals surface area contributed by atoms with Gasteiger partial charge in [0.1, 0.15) is 11.3 Å². The number of aromatic amines is 1. The number of carbonyl (C=O) groups excluding carboxylic acids is 2. The normalized spacial score (nSPS) is 24.8. The van der Waals surface area contributed by atoms with Crippen molar-refractivity contribution in [3.63, 3.8) is 0 Å². The zero-order valence-corrected chi connectivity index (χ0v) is 20.7. The summed E-state index contributed by atoms with van der Waals surface area (Å²) in [5.41, 5.74) is 1.64. The smallest absolute Gasteiger partial charge is 0.325 e. The first-order chi connectivity index (χ1) is 18.4. The number of benzene rings is 3. The van der Waals surface area contributed by atoms with E-state index in [-0.39, 0.29) is 12.2 Å². The Balaban J connectivity index is 1.51. The number of nitrogens with one attached hydrogen (secondary N) is 2. The van der Waals surface area contributed by atoms with Crippen LogP contribution >= 0.6 is 0 Å². The number of aryl methyl sites for hydroxylation is 1. The van der Waals surface area contributed by atoms with Gasteiger partial charge in [-0.3, -0.25) is 19.7 Å². The van der Waals surface area contributed by atoms with Crippen LogP contribution in [0.25, 0.3) is 10.9 Å². The number of carboxylic acid groups (broad SMARTS) is 1. The number of nitrogens with zero attached hydrogens (tertiary/aromatic N) is 1. The van der Waals surface area contributed by atoms with Gasteiger partial charge >= 0.3 is 5.97 Å². The van der Waals surface area contributed by atoms with Gasteiger partial charge in [-0.05, 0) is 41.8 Å². The average molecular weight is 510 g/mol. The molecule has 6 rings (SSSR count). The third kappa shape index (κ3) is 3.44. The number of H-pyrrole nitrogens is 1. The molecule has 8 heteroatoms. The van der Waals surface area contributed by atoms with Crippen molar-refractivity contribution in [1.29, 1.82) is 0 Å². The Morgan fingerprint density at radius 2 is 1.68 bits per heavy atom. The number of aromatic hydroxyl groups is 1. The molecule has 3 heterocycles. The van der Waals surface area contributed by atoms with E-state index in [9.17, 15) is 24.6 Å². The van der Waals surface area contributed by atoms with E-state index in [0.717, 1.165) is 33.4 Å². The number of hydrogen-bond donors (Lipinski definition) is 4. The average Bonchev–Trinajstić information content (AvgIpc) is 3.57. The Morgan fingerprint density at radius 1 is 0.974 bits per heavy atom. The molecule has 2 aliphatic rings. The van der Waals surface area contributed by atoms with Crippen molar-refractivity contribution in [2.24, 2.45) is 11.8 Å². The van der Waals surface area contributed by atoms with Crippen LogP contribution in [0.5, 0.6) is 5.75 Å². The Hall–Kier alpha value is -4.43. The van der Waals surface area contributed by atoms with E-state index in [1.807, 2.05) is 43.3 Å². The van der Waals surface area contributed by atoms with Gasteiger partial charge in [0, 0.05) is 35.1 Å². The molecular formula is C30H27N3O5. The Bertz CT molecular complexity index is 1580. The number of imide groups is 1. The quantitative estimate of drug-likeness (QED) is 0.292. The molecule has 2 amide bonds. The van der Waals surface area contributed by atoms with Crippen LogP contribution in [0.2, 0.25) is 0 Å². The molecule has 4 aromatic rings. The molecule has 2 aliphatic heterocycles. The SMILES string of the molecule is CCc1ccc(N2C(=O)[C@@H]3[C@@H](c4ccccc4O)N[C@@](Cc4c[nH]c5ccccc45)(C(=O)O)[C@@H]3C2=O)cc1. The molecule has 8 nitrogen and oxygen atoms in total. The number of para-hydroxylation sites is 2. The minimum absolute atomic E-state index is 0.0285. The fourth-order valence-corrected chi connectivity index (χ4v) is 6.17. The molecule has 0 spiro atoms. The fraction of sp³-hybridized carbons (Fsp3) is 0.233. The third-order valence-corrected chi connectivity index (χ3v) is 8.05. The number of amides is 2. The number of aromatic nitrogens is 1. The van der Waals surface area contributed by atoms with E-state index in [0.29, 0.717) is 11.3 Å². The van der Waals surface area contributed by atoms with Crippen LogP contribution in [-0.4, -0.2) is 38.5 Å². The van der Waals surface area contributed by atoms with Crippen molar-refractivity contribution in [1.82, 2.24) is 10.3 Å². The zero-order valence-electron chi connectivity index (χ0n) is 20.7. The molecule has 1 aromatic heterocycles. The fourth-order valence-electron chi connectivity index (χ4n) is 6.17. The van der Waals surface area contributed by atoms with Crippen LogP contribution in [0, 0.1) is 11.8 Å². The van der Waals surface area contributed by atoms with E-state index in [4.69, 9.17) is 0 Å². The summed E-state index contributed by atoms with van der Waals surface area (Å²) in [6, 6.07) is 20.4. The van der Waals surface area contributed by atoms with Crippen molar-refractivity contribution in [2.75, 3.05) is 4.90 Å². The van der Waals surface area contributed by atoms with E-state index < -0.39 is 41.2 Å². The monoisotopic (exact) mass is 509 g/mol. The number of aliphatic carboxylic acids is 1. The van der Waals surface area contributed by atoms with Gasteiger partial charge in [0.05, 0.1) is 17.5 Å². The van der Waals surface area contributed by atoms with Crippen LogP contribution in [0.4, 0.5) is 5.69 Å². The Morgan fingerprint density at radius 3 is 2.39 bits per heavy atom. The summed E-state index contributed by atoms with van der Waals surface area (Å²) in [4.78, 5) is 45.5. The van der Waals surface area contributed by atoms with Crippen molar-refractivity contribution in [3.8, 4) is 5.75 Å². The molecule has 0 unspecified atom stereocenters. The summed E-state index contributed by atoms with van der Waals surface area (Å²) in [5.74, 6) is -4.52. The molecule has 4 atom stereocenters. The highest BCUT2D eigenvalue weighted by Gasteiger charge is 2.69. The number of carboxylic acids is 1. The Labute approximate surface area is 218 Å². The van der Waals surface area contributed by atoms with Crippen LogP contribution < -0.4 is 10.2 Å². The molecule has 0 radical (unpaired) electrons. The van der Waals surface area contributed by atoms with Gasteiger partial charge in [-0.25, -0.2) is 4.90 Å². The first-order valence-corrected chi connectivity index (χ1v) is 12.7. The van der Waals surface area contributed by atoms with Crippen LogP contribution in [-0.2, 0) is 27.2 Å². The standard InChI is InChI=1S/C30H27N3O5/c1-2-17-11-13-19(14-12-17)33-27(35)24-25(28(33)36)30(29(37)38,32-26(24)21-8-4-6-10-23(21)34)15-18-16-31-22-9-5-3-7-20(18)22/h3-14,16,24-26,31-32,34H,2,15H2,1H3,(H,37,38)/t24-,25-,26+,30+/m0/s1. The Kier molecular flexibility index (Phi) is 5.57. The number of fused-ring (bicyclic) bond motifs is 2. The molecule has 4 N–H and O–H groups in total. The lowest BCUT2D eigenvalue weighted by molar-refractivity contribution is -0.148. The van der Waals surface area contributed by atoms with E-state index >= 15 is 0 Å². The molecule has 2 saturated heterocycles. The summed E-state index contributed by atoms with van der Waals surface area (Å²) in [5, 5.41) is 25.4. The lowest BCUT2D eigenvalue weighted by Crippen LogP contribution is -2.57. The summed E-state index contributed by atoms with van der Waals surface area (Å²) in [6.07, 6.45) is 2.53. The number of rotatable bonds is 6. The molecular weight excluding hydrogens is 482 g/mol. The van der Waals surface area contributed by atoms with E-state index in [1.165, 1.54) is 6.07 Å². The van der Waals surface area contributed by atoms with E-state index in [1.54, 1.807) is 36.5 Å². The van der Waals surface area contributed by atoms with Crippen molar-refractivity contribution >= 4 is 34.4 Å². The summed E-state index contributed by atoms with van der Waals surface area (Å²) < 4.78 is 0. The second-order valence-electron chi connectivity index (χ2n) is 10.0. The topological polar surface area (TPSA) is 123 Å². The largest absolute Gasteiger partial charge is 0.508 e. The predicted molar refractivity (Wildman–Crippen MR) is 142 cm³/mol. The number of hydrogen-bond acceptors (Lipinski definition) is 5.